The Kier molecular flexibility index (Phi) is 25.3. The van der Waals surface area contributed by atoms with Gasteiger partial charge in [-0.1, -0.05) is 0 Å². The van der Waals surface area contributed by atoms with Gasteiger partial charge in [0.05, 0.1) is 38.5 Å². The van der Waals surface area contributed by atoms with E-state index in [1.807, 2.05) is 0 Å². The molecule has 0 saturated carbocycles. The molecule has 0 atom stereocenters. The lowest BCUT2D eigenvalue weighted by Gasteiger charge is -2.41. The van der Waals surface area contributed by atoms with Gasteiger partial charge >= 0.3 is 35.8 Å². The summed E-state index contributed by atoms with van der Waals surface area (Å²) in [5.41, 5.74) is -3.99. The number of ether oxygens (including phenoxy) is 7. The summed E-state index contributed by atoms with van der Waals surface area (Å²) in [6.07, 6.45) is -0.624. The largest absolute Gasteiger partial charge is 0.462 e. The molecular weight excluding hydrogens is 713 g/mol. The molecule has 0 radical (unpaired) electrons. The molecule has 0 bridgehead atoms. The van der Waals surface area contributed by atoms with Gasteiger partial charge in [-0.2, -0.15) is 75.8 Å². The maximum atomic E-state index is 12.4. The van der Waals surface area contributed by atoms with Gasteiger partial charge < -0.3 is 33.2 Å². The smallest absolute Gasteiger partial charge is 0.306 e. The lowest BCUT2D eigenvalue weighted by Crippen LogP contribution is -2.59. The molecule has 0 N–H and O–H groups in total. The molecule has 0 aliphatic rings. The molecule has 0 aliphatic carbocycles. The van der Waals surface area contributed by atoms with Crippen molar-refractivity contribution in [3.8, 4) is 0 Å². The van der Waals surface area contributed by atoms with E-state index in [0.717, 1.165) is 0 Å². The molecule has 260 valence electrons. The fourth-order valence-corrected chi connectivity index (χ4v) is 4.23. The Bertz CT molecular complexity index is 755. The summed E-state index contributed by atoms with van der Waals surface area (Å²) in [5.74, 6) is -3.41. The quantitative estimate of drug-likeness (QED) is 0.0430. The molecule has 45 heavy (non-hydrogen) atoms. The molecular formula is C26H42O13S6. The van der Waals surface area contributed by atoms with Gasteiger partial charge in [0.2, 0.25) is 0 Å². The number of hydrogen-bond donors (Lipinski definition) is 6. The molecule has 0 aromatic rings. The second-order valence-electron chi connectivity index (χ2n) is 9.27. The molecule has 0 spiro atoms. The van der Waals surface area contributed by atoms with Gasteiger partial charge in [-0.3, -0.25) is 28.8 Å². The van der Waals surface area contributed by atoms with E-state index in [9.17, 15) is 28.8 Å². The summed E-state index contributed by atoms with van der Waals surface area (Å²) in [7, 11) is 0. The standard InChI is InChI=1S/C26H42O13S6/c27-19(1-7-40)33-13-25(14-34-20(28)2-8-41,15-35-21(29)3-9-42)39-26(16-36-22(30)4-10-43,17-37-23(31)5-11-44)18-38-24(32)6-12-45/h40-45H,1-18H2. The van der Waals surface area contributed by atoms with Crippen LogP contribution in [-0.2, 0) is 61.9 Å². The minimum Gasteiger partial charge on any atom is -0.462 e. The normalized spacial score (nSPS) is 11.3. The van der Waals surface area contributed by atoms with Crippen molar-refractivity contribution in [3.63, 3.8) is 0 Å². The minimum atomic E-state index is -1.99. The van der Waals surface area contributed by atoms with Gasteiger partial charge in [0.15, 0.2) is 11.2 Å². The van der Waals surface area contributed by atoms with Crippen molar-refractivity contribution in [1.29, 1.82) is 0 Å². The summed E-state index contributed by atoms with van der Waals surface area (Å²) in [6.45, 7) is -3.98. The van der Waals surface area contributed by atoms with E-state index >= 15 is 0 Å². The van der Waals surface area contributed by atoms with Crippen molar-refractivity contribution in [3.05, 3.63) is 0 Å². The van der Waals surface area contributed by atoms with E-state index in [1.165, 1.54) is 0 Å². The molecule has 0 aliphatic heterocycles. The van der Waals surface area contributed by atoms with Gasteiger partial charge in [-0.25, -0.2) is 0 Å². The third-order valence-corrected chi connectivity index (χ3v) is 6.65. The molecule has 0 rings (SSSR count). The summed E-state index contributed by atoms with van der Waals surface area (Å²) < 4.78 is 38.8. The van der Waals surface area contributed by atoms with Crippen LogP contribution in [0.5, 0.6) is 0 Å². The molecule has 19 heteroatoms. The maximum absolute atomic E-state index is 12.4. The van der Waals surface area contributed by atoms with Crippen molar-refractivity contribution in [2.24, 2.45) is 0 Å². The minimum absolute atomic E-state index is 0.104. The summed E-state index contributed by atoms with van der Waals surface area (Å²) in [6, 6.07) is 0. The molecule has 0 fully saturated rings. The number of carbonyl (C=O) groups excluding carboxylic acids is 6. The van der Waals surface area contributed by atoms with Crippen LogP contribution < -0.4 is 0 Å². The van der Waals surface area contributed by atoms with Crippen LogP contribution in [0.3, 0.4) is 0 Å². The van der Waals surface area contributed by atoms with Crippen LogP contribution in [0.2, 0.25) is 0 Å². The van der Waals surface area contributed by atoms with Crippen LogP contribution in [0, 0.1) is 0 Å². The topological polar surface area (TPSA) is 167 Å². The van der Waals surface area contributed by atoms with Gasteiger partial charge in [-0.05, 0) is 0 Å². The zero-order valence-corrected chi connectivity index (χ0v) is 30.1. The van der Waals surface area contributed by atoms with Crippen molar-refractivity contribution < 1.29 is 61.9 Å². The van der Waals surface area contributed by atoms with Crippen molar-refractivity contribution >= 4 is 112 Å². The third kappa shape index (κ3) is 20.7. The SMILES string of the molecule is O=C(CCS)OCC(COC(=O)CCS)(COC(=O)CCS)OC(COC(=O)CCS)(COC(=O)CCS)COC(=O)CCS. The lowest BCUT2D eigenvalue weighted by atomic mass is 10.0. The Labute approximate surface area is 296 Å². The summed E-state index contributed by atoms with van der Waals surface area (Å²) in [4.78, 5) is 74.4. The zero-order chi connectivity index (χ0) is 34.1. The number of esters is 6. The van der Waals surface area contributed by atoms with Crippen LogP contribution in [0.15, 0.2) is 0 Å². The van der Waals surface area contributed by atoms with E-state index in [1.54, 1.807) is 0 Å². The first kappa shape index (κ1) is 43.9. The Morgan fingerprint density at radius 1 is 0.333 bits per heavy atom. The van der Waals surface area contributed by atoms with E-state index in [-0.39, 0.29) is 73.0 Å². The highest BCUT2D eigenvalue weighted by atomic mass is 32.1. The first-order valence-electron chi connectivity index (χ1n) is 13.7. The monoisotopic (exact) mass is 754 g/mol. The third-order valence-electron chi connectivity index (χ3n) is 5.31. The summed E-state index contributed by atoms with van der Waals surface area (Å²) in [5, 5.41) is 0. The zero-order valence-electron chi connectivity index (χ0n) is 24.7. The first-order chi connectivity index (χ1) is 21.4. The molecule has 0 aromatic carbocycles. The highest BCUT2D eigenvalue weighted by Gasteiger charge is 2.48. The highest BCUT2D eigenvalue weighted by Crippen LogP contribution is 2.27. The van der Waals surface area contributed by atoms with E-state index in [0.29, 0.717) is 0 Å². The van der Waals surface area contributed by atoms with Crippen molar-refractivity contribution in [1.82, 2.24) is 0 Å². The predicted molar refractivity (Wildman–Crippen MR) is 183 cm³/mol. The number of hydrogen-bond acceptors (Lipinski definition) is 19. The Balaban J connectivity index is 6.96. The fraction of sp³-hybridized carbons (Fsp3) is 0.769. The van der Waals surface area contributed by atoms with Crippen LogP contribution in [-0.4, -0.2) is 121 Å². The molecule has 13 nitrogen and oxygen atoms in total. The van der Waals surface area contributed by atoms with E-state index in [4.69, 9.17) is 33.2 Å². The Hall–Kier alpha value is -1.12. The molecule has 0 heterocycles. The molecule has 0 unspecified atom stereocenters. The average Bonchev–Trinajstić information content (AvgIpc) is 2.99. The van der Waals surface area contributed by atoms with Gasteiger partial charge in [0, 0.05) is 34.5 Å². The number of thiol groups is 6. The molecule has 0 amide bonds. The fourth-order valence-electron chi connectivity index (χ4n) is 3.14. The first-order valence-corrected chi connectivity index (χ1v) is 17.5. The second-order valence-corrected chi connectivity index (χ2v) is 12.0. The molecule has 0 saturated heterocycles. The predicted octanol–water partition coefficient (Wildman–Crippen LogP) is 1.66. The van der Waals surface area contributed by atoms with E-state index in [2.05, 4.69) is 75.8 Å². The number of carbonyl (C=O) groups is 6. The van der Waals surface area contributed by atoms with Crippen molar-refractivity contribution in [2.75, 3.05) is 74.2 Å². The maximum Gasteiger partial charge on any atom is 0.306 e. The van der Waals surface area contributed by atoms with Gasteiger partial charge in [-0.15, -0.1) is 0 Å². The van der Waals surface area contributed by atoms with Crippen LogP contribution >= 0.6 is 75.8 Å². The Morgan fingerprint density at radius 3 is 0.622 bits per heavy atom. The molecule has 0 aromatic heterocycles. The highest BCUT2D eigenvalue weighted by molar-refractivity contribution is 7.81. The van der Waals surface area contributed by atoms with Crippen LogP contribution in [0.4, 0.5) is 0 Å². The average molecular weight is 755 g/mol. The number of rotatable bonds is 26. The Morgan fingerprint density at radius 2 is 0.489 bits per heavy atom. The van der Waals surface area contributed by atoms with Crippen LogP contribution in [0.25, 0.3) is 0 Å². The second kappa shape index (κ2) is 25.9. The van der Waals surface area contributed by atoms with Gasteiger partial charge in [0.25, 0.3) is 0 Å². The summed E-state index contributed by atoms with van der Waals surface area (Å²) >= 11 is 24.1. The van der Waals surface area contributed by atoms with E-state index < -0.39 is 86.7 Å². The lowest BCUT2D eigenvalue weighted by molar-refractivity contribution is -0.254. The van der Waals surface area contributed by atoms with Crippen LogP contribution in [0.1, 0.15) is 38.5 Å². The van der Waals surface area contributed by atoms with Crippen molar-refractivity contribution in [2.45, 2.75) is 49.7 Å². The van der Waals surface area contributed by atoms with Gasteiger partial charge in [0.1, 0.15) is 39.6 Å².